The van der Waals surface area contributed by atoms with Crippen LogP contribution in [0.5, 0.6) is 0 Å². The number of ketones is 1. The third kappa shape index (κ3) is 2.73. The maximum absolute atomic E-state index is 12.9. The van der Waals surface area contributed by atoms with Gasteiger partial charge in [0, 0.05) is 11.1 Å². The van der Waals surface area contributed by atoms with Gasteiger partial charge in [0.1, 0.15) is 0 Å². The van der Waals surface area contributed by atoms with Gasteiger partial charge in [-0.3, -0.25) is 4.79 Å². The number of rotatable bonds is 0. The molecule has 0 fully saturated rings. The highest BCUT2D eigenvalue weighted by Gasteiger charge is 2.30. The van der Waals surface area contributed by atoms with E-state index < -0.39 is 0 Å². The van der Waals surface area contributed by atoms with Crippen molar-refractivity contribution in [2.24, 2.45) is 0 Å². The third-order valence-corrected chi connectivity index (χ3v) is 4.75. The van der Waals surface area contributed by atoms with Gasteiger partial charge in [0.05, 0.1) is 0 Å². The molecule has 3 rings (SSSR count). The first-order valence-electron chi connectivity index (χ1n) is 8.39. The molecular weight excluding hydrogens is 280 g/mol. The first kappa shape index (κ1) is 16.0. The Labute approximate surface area is 139 Å². The molecule has 0 aromatic heterocycles. The molecule has 0 aliphatic heterocycles. The predicted octanol–water partition coefficient (Wildman–Crippen LogP) is 5.42. The summed E-state index contributed by atoms with van der Waals surface area (Å²) in [6, 6.07) is 12.4. The summed E-state index contributed by atoms with van der Waals surface area (Å²) in [5, 5.41) is 0. The fourth-order valence-electron chi connectivity index (χ4n) is 3.49. The van der Waals surface area contributed by atoms with E-state index in [4.69, 9.17) is 0 Å². The molecule has 1 aliphatic rings. The number of hydrogen-bond acceptors (Lipinski definition) is 1. The number of carbonyl (C=O) groups is 1. The van der Waals surface area contributed by atoms with E-state index in [9.17, 15) is 4.79 Å². The summed E-state index contributed by atoms with van der Waals surface area (Å²) in [6.07, 6.45) is 0.852. The van der Waals surface area contributed by atoms with Gasteiger partial charge in [-0.15, -0.1) is 0 Å². The summed E-state index contributed by atoms with van der Waals surface area (Å²) in [5.41, 5.74) is 6.81. The minimum absolute atomic E-state index is 0.0227. The zero-order valence-electron chi connectivity index (χ0n) is 15.1. The van der Waals surface area contributed by atoms with Crippen LogP contribution in [0.1, 0.15) is 79.7 Å². The average Bonchev–Trinajstić information content (AvgIpc) is 2.44. The van der Waals surface area contributed by atoms with Crippen LogP contribution in [0, 0.1) is 0 Å². The van der Waals surface area contributed by atoms with Crippen LogP contribution in [0.2, 0.25) is 0 Å². The largest absolute Gasteiger partial charge is 0.289 e. The van der Waals surface area contributed by atoms with Crippen LogP contribution in [0.4, 0.5) is 0 Å². The van der Waals surface area contributed by atoms with Crippen LogP contribution in [0.15, 0.2) is 36.4 Å². The lowest BCUT2D eigenvalue weighted by molar-refractivity contribution is 0.103. The topological polar surface area (TPSA) is 17.1 Å². The molecule has 1 aliphatic carbocycles. The van der Waals surface area contributed by atoms with Gasteiger partial charge in [-0.1, -0.05) is 71.9 Å². The summed E-state index contributed by atoms with van der Waals surface area (Å²) in [7, 11) is 0. The second-order valence-corrected chi connectivity index (χ2v) is 8.72. The summed E-state index contributed by atoms with van der Waals surface area (Å²) in [5.74, 6) is 0.174. The summed E-state index contributed by atoms with van der Waals surface area (Å²) < 4.78 is 0. The van der Waals surface area contributed by atoms with E-state index in [1.165, 1.54) is 16.7 Å². The normalized spacial score (nSPS) is 14.4. The van der Waals surface area contributed by atoms with E-state index in [1.54, 1.807) is 0 Å². The Kier molecular flexibility index (Phi) is 3.51. The van der Waals surface area contributed by atoms with E-state index >= 15 is 0 Å². The smallest absolute Gasteiger partial charge is 0.193 e. The zero-order chi connectivity index (χ0) is 17.0. The highest BCUT2D eigenvalue weighted by Crippen LogP contribution is 2.38. The van der Waals surface area contributed by atoms with Crippen molar-refractivity contribution in [3.05, 3.63) is 69.8 Å². The summed E-state index contributed by atoms with van der Waals surface area (Å²) in [4.78, 5) is 12.9. The second kappa shape index (κ2) is 5.06. The minimum Gasteiger partial charge on any atom is -0.289 e. The van der Waals surface area contributed by atoms with Crippen molar-refractivity contribution in [2.45, 2.75) is 58.8 Å². The molecule has 120 valence electrons. The average molecular weight is 306 g/mol. The van der Waals surface area contributed by atoms with Crippen molar-refractivity contribution in [2.75, 3.05) is 0 Å². The molecule has 23 heavy (non-hydrogen) atoms. The Morgan fingerprint density at radius 1 is 0.739 bits per heavy atom. The second-order valence-electron chi connectivity index (χ2n) is 8.72. The van der Waals surface area contributed by atoms with Gasteiger partial charge in [-0.05, 0) is 45.6 Å². The molecule has 0 amide bonds. The number of carbonyl (C=O) groups excluding carboxylic acids is 1. The van der Waals surface area contributed by atoms with Gasteiger partial charge < -0.3 is 0 Å². The van der Waals surface area contributed by atoms with Gasteiger partial charge in [0.15, 0.2) is 5.78 Å². The number of benzene rings is 2. The summed E-state index contributed by atoms with van der Waals surface area (Å²) in [6.45, 7) is 13.4. The third-order valence-electron chi connectivity index (χ3n) is 4.75. The van der Waals surface area contributed by atoms with E-state index in [0.29, 0.717) is 0 Å². The standard InChI is InChI=1S/C22H26O/c1-21(2,3)18-12-15-11-14-9-7-8-10-16(14)20(23)17(15)13-19(18)22(4,5)6/h7-10,12-13H,11H2,1-6H3. The molecule has 0 saturated heterocycles. The molecule has 0 heterocycles. The fourth-order valence-corrected chi connectivity index (χ4v) is 3.49. The SMILES string of the molecule is CC(C)(C)c1cc2c(cc1C(C)(C)C)C(=O)c1ccccc1C2. The van der Waals surface area contributed by atoms with Crippen LogP contribution in [-0.2, 0) is 17.3 Å². The van der Waals surface area contributed by atoms with Crippen LogP contribution >= 0.6 is 0 Å². The lowest BCUT2D eigenvalue weighted by Crippen LogP contribution is -2.25. The first-order valence-corrected chi connectivity index (χ1v) is 8.39. The minimum atomic E-state index is 0.0227. The number of hydrogen-bond donors (Lipinski definition) is 0. The maximum atomic E-state index is 12.9. The van der Waals surface area contributed by atoms with E-state index in [-0.39, 0.29) is 16.6 Å². The predicted molar refractivity (Wildman–Crippen MR) is 96.5 cm³/mol. The van der Waals surface area contributed by atoms with Crippen molar-refractivity contribution in [3.8, 4) is 0 Å². The lowest BCUT2D eigenvalue weighted by Gasteiger charge is -2.32. The first-order chi connectivity index (χ1) is 10.6. The molecule has 0 unspecified atom stereocenters. The van der Waals surface area contributed by atoms with Crippen LogP contribution in [-0.4, -0.2) is 5.78 Å². The van der Waals surface area contributed by atoms with E-state index in [2.05, 4.69) is 59.7 Å². The molecule has 0 atom stereocenters. The quantitative estimate of drug-likeness (QED) is 0.542. The molecule has 0 radical (unpaired) electrons. The van der Waals surface area contributed by atoms with Gasteiger partial charge in [0.25, 0.3) is 0 Å². The van der Waals surface area contributed by atoms with Crippen LogP contribution in [0.3, 0.4) is 0 Å². The van der Waals surface area contributed by atoms with Gasteiger partial charge in [-0.25, -0.2) is 0 Å². The Morgan fingerprint density at radius 2 is 1.30 bits per heavy atom. The highest BCUT2D eigenvalue weighted by molar-refractivity contribution is 6.12. The van der Waals surface area contributed by atoms with Crippen LogP contribution in [0.25, 0.3) is 0 Å². The Morgan fingerprint density at radius 3 is 1.91 bits per heavy atom. The Balaban J connectivity index is 2.26. The zero-order valence-corrected chi connectivity index (χ0v) is 15.1. The molecule has 2 aromatic carbocycles. The monoisotopic (exact) mass is 306 g/mol. The molecule has 0 N–H and O–H groups in total. The Bertz CT molecular complexity index is 783. The molecule has 0 bridgehead atoms. The van der Waals surface area contributed by atoms with E-state index in [0.717, 1.165) is 23.1 Å². The van der Waals surface area contributed by atoms with Crippen molar-refractivity contribution < 1.29 is 4.79 Å². The molecule has 0 saturated carbocycles. The molecule has 1 nitrogen and oxygen atoms in total. The van der Waals surface area contributed by atoms with Crippen molar-refractivity contribution in [1.29, 1.82) is 0 Å². The lowest BCUT2D eigenvalue weighted by atomic mass is 9.71. The van der Waals surface area contributed by atoms with Gasteiger partial charge >= 0.3 is 0 Å². The maximum Gasteiger partial charge on any atom is 0.193 e. The summed E-state index contributed by atoms with van der Waals surface area (Å²) >= 11 is 0. The Hall–Kier alpha value is -1.89. The van der Waals surface area contributed by atoms with Gasteiger partial charge in [0.2, 0.25) is 0 Å². The fraction of sp³-hybridized carbons (Fsp3) is 0.409. The van der Waals surface area contributed by atoms with Gasteiger partial charge in [-0.2, -0.15) is 0 Å². The van der Waals surface area contributed by atoms with Crippen molar-refractivity contribution in [1.82, 2.24) is 0 Å². The van der Waals surface area contributed by atoms with Crippen LogP contribution < -0.4 is 0 Å². The molecule has 0 spiro atoms. The number of fused-ring (bicyclic) bond motifs is 2. The van der Waals surface area contributed by atoms with Crippen molar-refractivity contribution in [3.63, 3.8) is 0 Å². The molecular formula is C22H26O. The van der Waals surface area contributed by atoms with Crippen molar-refractivity contribution >= 4 is 5.78 Å². The molecule has 2 aromatic rings. The highest BCUT2D eigenvalue weighted by atomic mass is 16.1. The van der Waals surface area contributed by atoms with E-state index in [1.807, 2.05) is 18.2 Å². The molecule has 1 heteroatoms.